The van der Waals surface area contributed by atoms with Crippen LogP contribution < -0.4 is 10.5 Å². The average Bonchev–Trinajstić information content (AvgIpc) is 2.34. The Morgan fingerprint density at radius 2 is 1.84 bits per heavy atom. The molecule has 0 fully saturated rings. The topological polar surface area (TPSA) is 35.2 Å². The van der Waals surface area contributed by atoms with E-state index in [9.17, 15) is 0 Å². The van der Waals surface area contributed by atoms with Gasteiger partial charge in [-0.15, -0.1) is 0 Å². The maximum Gasteiger partial charge on any atom is 0.146 e. The lowest BCUT2D eigenvalue weighted by molar-refractivity contribution is 0.479. The van der Waals surface area contributed by atoms with Gasteiger partial charge >= 0.3 is 0 Å². The highest BCUT2D eigenvalue weighted by Crippen LogP contribution is 2.35. The Morgan fingerprint density at radius 1 is 1.16 bits per heavy atom. The molecule has 2 aromatic rings. The molecule has 0 bridgehead atoms. The molecular formula is C15H15BrClNO. The number of hydrogen-bond acceptors (Lipinski definition) is 2. The molecule has 0 saturated heterocycles. The van der Waals surface area contributed by atoms with Gasteiger partial charge in [-0.3, -0.25) is 0 Å². The Balaban J connectivity index is 2.28. The fourth-order valence-corrected chi connectivity index (χ4v) is 2.44. The predicted octanol–water partition coefficient (Wildman–Crippen LogP) is 5.22. The monoisotopic (exact) mass is 339 g/mol. The Kier molecular flexibility index (Phi) is 4.50. The molecule has 0 aliphatic heterocycles. The van der Waals surface area contributed by atoms with Crippen LogP contribution in [0.4, 0.5) is 0 Å². The van der Waals surface area contributed by atoms with Crippen molar-refractivity contribution >= 4 is 27.5 Å². The molecule has 4 heteroatoms. The smallest absolute Gasteiger partial charge is 0.146 e. The summed E-state index contributed by atoms with van der Waals surface area (Å²) >= 11 is 9.64. The highest BCUT2D eigenvalue weighted by Gasteiger charge is 2.08. The first-order valence-electron chi connectivity index (χ1n) is 5.96. The van der Waals surface area contributed by atoms with Crippen LogP contribution in [-0.4, -0.2) is 0 Å². The zero-order valence-electron chi connectivity index (χ0n) is 10.8. The van der Waals surface area contributed by atoms with Gasteiger partial charge in [-0.2, -0.15) is 0 Å². The predicted molar refractivity (Wildman–Crippen MR) is 83.0 cm³/mol. The third kappa shape index (κ3) is 3.50. The number of aryl methyl sites for hydroxylation is 1. The summed E-state index contributed by atoms with van der Waals surface area (Å²) in [5, 5.41) is 0.600. The van der Waals surface area contributed by atoms with Crippen molar-refractivity contribution in [2.24, 2.45) is 5.73 Å². The van der Waals surface area contributed by atoms with E-state index in [2.05, 4.69) is 15.9 Å². The summed E-state index contributed by atoms with van der Waals surface area (Å²) in [4.78, 5) is 0. The molecule has 2 N–H and O–H groups in total. The fourth-order valence-electron chi connectivity index (χ4n) is 1.69. The lowest BCUT2D eigenvalue weighted by Crippen LogP contribution is -2.04. The van der Waals surface area contributed by atoms with E-state index in [1.807, 2.05) is 50.2 Å². The highest BCUT2D eigenvalue weighted by molar-refractivity contribution is 9.10. The molecule has 1 atom stereocenters. The van der Waals surface area contributed by atoms with E-state index in [1.54, 1.807) is 0 Å². The van der Waals surface area contributed by atoms with Crippen LogP contribution in [0.1, 0.15) is 24.1 Å². The van der Waals surface area contributed by atoms with E-state index in [0.29, 0.717) is 10.8 Å². The lowest BCUT2D eigenvalue weighted by atomic mass is 10.1. The molecule has 0 aliphatic carbocycles. The minimum absolute atomic E-state index is 0.00619. The SMILES string of the molecule is Cc1ccc(Oc2ccc([C@@H](C)N)cc2Br)c(Cl)c1. The van der Waals surface area contributed by atoms with Gasteiger partial charge in [0.2, 0.25) is 0 Å². The summed E-state index contributed by atoms with van der Waals surface area (Å²) in [5.74, 6) is 1.36. The van der Waals surface area contributed by atoms with Gasteiger partial charge in [-0.05, 0) is 65.2 Å². The molecule has 19 heavy (non-hydrogen) atoms. The second kappa shape index (κ2) is 5.95. The van der Waals surface area contributed by atoms with Crippen LogP contribution in [0.25, 0.3) is 0 Å². The maximum atomic E-state index is 6.15. The van der Waals surface area contributed by atoms with Gasteiger partial charge in [-0.25, -0.2) is 0 Å². The molecule has 0 radical (unpaired) electrons. The van der Waals surface area contributed by atoms with Crippen LogP contribution in [0.2, 0.25) is 5.02 Å². The minimum atomic E-state index is -0.00619. The zero-order chi connectivity index (χ0) is 14.0. The fraction of sp³-hybridized carbons (Fsp3) is 0.200. The van der Waals surface area contributed by atoms with Crippen molar-refractivity contribution in [3.05, 3.63) is 57.0 Å². The van der Waals surface area contributed by atoms with E-state index in [4.69, 9.17) is 22.1 Å². The number of rotatable bonds is 3. The van der Waals surface area contributed by atoms with E-state index in [-0.39, 0.29) is 6.04 Å². The molecule has 100 valence electrons. The van der Waals surface area contributed by atoms with Crippen molar-refractivity contribution in [1.29, 1.82) is 0 Å². The number of halogens is 2. The quantitative estimate of drug-likeness (QED) is 0.831. The molecule has 0 unspecified atom stereocenters. The Hall–Kier alpha value is -1.03. The molecular weight excluding hydrogens is 326 g/mol. The largest absolute Gasteiger partial charge is 0.455 e. The van der Waals surface area contributed by atoms with Gasteiger partial charge in [0, 0.05) is 6.04 Å². The Labute approximate surface area is 126 Å². The van der Waals surface area contributed by atoms with Crippen LogP contribution in [0.15, 0.2) is 40.9 Å². The summed E-state index contributed by atoms with van der Waals surface area (Å²) in [6.07, 6.45) is 0. The van der Waals surface area contributed by atoms with Crippen molar-refractivity contribution < 1.29 is 4.74 Å². The first-order chi connectivity index (χ1) is 8.97. The lowest BCUT2D eigenvalue weighted by Gasteiger charge is -2.12. The number of hydrogen-bond donors (Lipinski definition) is 1. The first-order valence-corrected chi connectivity index (χ1v) is 7.13. The molecule has 2 rings (SSSR count). The summed E-state index contributed by atoms with van der Waals surface area (Å²) in [6, 6.07) is 11.5. The second-order valence-electron chi connectivity index (χ2n) is 4.51. The summed E-state index contributed by atoms with van der Waals surface area (Å²) in [7, 11) is 0. The van der Waals surface area contributed by atoms with Crippen molar-refractivity contribution in [1.82, 2.24) is 0 Å². The number of nitrogens with two attached hydrogens (primary N) is 1. The van der Waals surface area contributed by atoms with Crippen molar-refractivity contribution in [2.45, 2.75) is 19.9 Å². The Bertz CT molecular complexity index is 599. The standard InChI is InChI=1S/C15H15BrClNO/c1-9-3-5-15(13(17)7-9)19-14-6-4-11(10(2)18)8-12(14)16/h3-8,10H,18H2,1-2H3/t10-/m1/s1. The normalized spacial score (nSPS) is 12.3. The van der Waals surface area contributed by atoms with Crippen LogP contribution in [0.5, 0.6) is 11.5 Å². The number of benzene rings is 2. The maximum absolute atomic E-state index is 6.15. The first kappa shape index (κ1) is 14.4. The van der Waals surface area contributed by atoms with Crippen molar-refractivity contribution in [3.8, 4) is 11.5 Å². The molecule has 0 heterocycles. The van der Waals surface area contributed by atoms with Gasteiger partial charge in [0.1, 0.15) is 11.5 Å². The van der Waals surface area contributed by atoms with Gasteiger partial charge < -0.3 is 10.5 Å². The molecule has 0 aliphatic rings. The van der Waals surface area contributed by atoms with Crippen LogP contribution in [0.3, 0.4) is 0 Å². The Morgan fingerprint density at radius 3 is 2.42 bits per heavy atom. The van der Waals surface area contributed by atoms with Crippen LogP contribution in [0, 0.1) is 6.92 Å². The molecule has 0 aromatic heterocycles. The zero-order valence-corrected chi connectivity index (χ0v) is 13.1. The summed E-state index contributed by atoms with van der Waals surface area (Å²) in [6.45, 7) is 3.93. The van der Waals surface area contributed by atoms with E-state index < -0.39 is 0 Å². The van der Waals surface area contributed by atoms with Crippen molar-refractivity contribution in [3.63, 3.8) is 0 Å². The third-order valence-corrected chi connectivity index (χ3v) is 3.70. The van der Waals surface area contributed by atoms with E-state index in [0.717, 1.165) is 21.3 Å². The summed E-state index contributed by atoms with van der Waals surface area (Å²) < 4.78 is 6.67. The van der Waals surface area contributed by atoms with Crippen LogP contribution >= 0.6 is 27.5 Å². The van der Waals surface area contributed by atoms with Gasteiger partial charge in [0.25, 0.3) is 0 Å². The van der Waals surface area contributed by atoms with Gasteiger partial charge in [0.15, 0.2) is 0 Å². The summed E-state index contributed by atoms with van der Waals surface area (Å²) in [5.41, 5.74) is 7.99. The van der Waals surface area contributed by atoms with Crippen LogP contribution in [-0.2, 0) is 0 Å². The third-order valence-electron chi connectivity index (χ3n) is 2.79. The van der Waals surface area contributed by atoms with Gasteiger partial charge in [-0.1, -0.05) is 23.7 Å². The molecule has 0 amide bonds. The number of ether oxygens (including phenoxy) is 1. The van der Waals surface area contributed by atoms with Crippen molar-refractivity contribution in [2.75, 3.05) is 0 Å². The average molecular weight is 341 g/mol. The molecule has 2 nitrogen and oxygen atoms in total. The highest BCUT2D eigenvalue weighted by atomic mass is 79.9. The van der Waals surface area contributed by atoms with Gasteiger partial charge in [0.05, 0.1) is 9.50 Å². The molecule has 0 spiro atoms. The second-order valence-corrected chi connectivity index (χ2v) is 5.78. The molecule has 2 aromatic carbocycles. The molecule has 0 saturated carbocycles. The van der Waals surface area contributed by atoms with E-state index >= 15 is 0 Å². The minimum Gasteiger partial charge on any atom is -0.455 e. The van der Waals surface area contributed by atoms with E-state index in [1.165, 1.54) is 0 Å².